The quantitative estimate of drug-likeness (QED) is 0.302. The first-order valence-electron chi connectivity index (χ1n) is 14.4. The highest BCUT2D eigenvalue weighted by Crippen LogP contribution is 2.22. The van der Waals surface area contributed by atoms with E-state index in [2.05, 4.69) is 5.32 Å². The fraction of sp³-hybridized carbons (Fsp3) is 0.394. The minimum absolute atomic E-state index is 0.118. The summed E-state index contributed by atoms with van der Waals surface area (Å²) in [6, 6.07) is 26.2. The lowest BCUT2D eigenvalue weighted by molar-refractivity contribution is -0.141. The first-order valence-corrected chi connectivity index (χ1v) is 16.3. The molecule has 1 aliphatic carbocycles. The van der Waals surface area contributed by atoms with Gasteiger partial charge in [-0.15, -0.1) is 0 Å². The number of aryl methyl sites for hydroxylation is 1. The van der Waals surface area contributed by atoms with Gasteiger partial charge in [-0.3, -0.25) is 13.9 Å². The summed E-state index contributed by atoms with van der Waals surface area (Å²) in [7, 11) is -3.54. The minimum atomic E-state index is -3.54. The average Bonchev–Trinajstić information content (AvgIpc) is 3.46. The Morgan fingerprint density at radius 1 is 0.902 bits per heavy atom. The molecule has 7 nitrogen and oxygen atoms in total. The van der Waals surface area contributed by atoms with E-state index in [1.165, 1.54) is 10.6 Å². The van der Waals surface area contributed by atoms with Crippen molar-refractivity contribution in [2.45, 2.75) is 70.5 Å². The van der Waals surface area contributed by atoms with E-state index in [1.807, 2.05) is 85.8 Å². The normalized spacial score (nSPS) is 14.4. The van der Waals surface area contributed by atoms with Crippen LogP contribution in [0.4, 0.5) is 5.69 Å². The van der Waals surface area contributed by atoms with Crippen LogP contribution in [0.5, 0.6) is 0 Å². The fourth-order valence-electron chi connectivity index (χ4n) is 5.49. The highest BCUT2D eigenvalue weighted by Gasteiger charge is 2.32. The molecule has 1 unspecified atom stereocenters. The molecule has 0 saturated heterocycles. The second kappa shape index (κ2) is 14.3. The summed E-state index contributed by atoms with van der Waals surface area (Å²) in [6.45, 7) is 2.38. The van der Waals surface area contributed by atoms with E-state index in [0.29, 0.717) is 25.1 Å². The van der Waals surface area contributed by atoms with E-state index in [4.69, 9.17) is 0 Å². The van der Waals surface area contributed by atoms with E-state index in [1.54, 1.807) is 11.0 Å². The molecule has 1 aliphatic rings. The van der Waals surface area contributed by atoms with Gasteiger partial charge in [-0.2, -0.15) is 0 Å². The third kappa shape index (κ3) is 8.92. The molecule has 0 aromatic heterocycles. The van der Waals surface area contributed by atoms with Crippen LogP contribution in [0.2, 0.25) is 0 Å². The Morgan fingerprint density at radius 3 is 2.15 bits per heavy atom. The Labute approximate surface area is 244 Å². The summed E-state index contributed by atoms with van der Waals surface area (Å²) in [5, 5.41) is 3.22. The summed E-state index contributed by atoms with van der Waals surface area (Å²) in [5.41, 5.74) is 3.45. The number of benzene rings is 3. The van der Waals surface area contributed by atoms with Crippen LogP contribution in [-0.4, -0.2) is 50.0 Å². The van der Waals surface area contributed by atoms with E-state index in [9.17, 15) is 18.0 Å². The van der Waals surface area contributed by atoms with Gasteiger partial charge in [0.1, 0.15) is 6.04 Å². The molecule has 4 rings (SSSR count). The molecule has 0 bridgehead atoms. The summed E-state index contributed by atoms with van der Waals surface area (Å²) in [4.78, 5) is 29.4. The molecule has 0 radical (unpaired) electrons. The zero-order chi connectivity index (χ0) is 29.2. The molecule has 2 amide bonds. The highest BCUT2D eigenvalue weighted by atomic mass is 32.2. The van der Waals surface area contributed by atoms with Gasteiger partial charge in [-0.1, -0.05) is 85.6 Å². The third-order valence-corrected chi connectivity index (χ3v) is 8.80. The summed E-state index contributed by atoms with van der Waals surface area (Å²) < 4.78 is 26.6. The lowest BCUT2D eigenvalue weighted by atomic mass is 10.0. The smallest absolute Gasteiger partial charge is 0.243 e. The van der Waals surface area contributed by atoms with Gasteiger partial charge >= 0.3 is 0 Å². The fourth-order valence-corrected chi connectivity index (χ4v) is 6.45. The monoisotopic (exact) mass is 575 g/mol. The number of carbonyl (C=O) groups excluding carboxylic acids is 2. The van der Waals surface area contributed by atoms with Crippen molar-refractivity contribution in [2.24, 2.45) is 0 Å². The number of amides is 2. The van der Waals surface area contributed by atoms with Crippen molar-refractivity contribution in [1.82, 2.24) is 10.2 Å². The molecule has 1 N–H and O–H groups in total. The second-order valence-electron chi connectivity index (χ2n) is 11.0. The summed E-state index contributed by atoms with van der Waals surface area (Å²) >= 11 is 0. The molecule has 3 aromatic carbocycles. The van der Waals surface area contributed by atoms with E-state index < -0.39 is 16.1 Å². The van der Waals surface area contributed by atoms with Gasteiger partial charge in [0.25, 0.3) is 0 Å². The molecule has 3 aromatic rings. The molecule has 41 heavy (non-hydrogen) atoms. The minimum Gasteiger partial charge on any atom is -0.352 e. The molecule has 0 aliphatic heterocycles. The van der Waals surface area contributed by atoms with Crippen molar-refractivity contribution < 1.29 is 18.0 Å². The predicted molar refractivity (Wildman–Crippen MR) is 164 cm³/mol. The predicted octanol–water partition coefficient (Wildman–Crippen LogP) is 5.24. The Kier molecular flexibility index (Phi) is 10.6. The number of hydrogen-bond acceptors (Lipinski definition) is 4. The first kappa shape index (κ1) is 30.3. The SMILES string of the molecule is Cc1cccc(N(CCCC(=O)N(Cc2ccccc2)C(Cc2ccccc2)C(=O)NC2CCCC2)S(C)(=O)=O)c1. The summed E-state index contributed by atoms with van der Waals surface area (Å²) in [5.74, 6) is -0.309. The number of anilines is 1. The van der Waals surface area contributed by atoms with Crippen LogP contribution >= 0.6 is 0 Å². The molecule has 1 atom stereocenters. The lowest BCUT2D eigenvalue weighted by Gasteiger charge is -2.33. The lowest BCUT2D eigenvalue weighted by Crippen LogP contribution is -2.52. The van der Waals surface area contributed by atoms with E-state index in [0.717, 1.165) is 42.4 Å². The molecular formula is C33H41N3O4S. The van der Waals surface area contributed by atoms with Gasteiger partial charge in [0.05, 0.1) is 11.9 Å². The molecule has 1 fully saturated rings. The zero-order valence-electron chi connectivity index (χ0n) is 24.0. The van der Waals surface area contributed by atoms with Crippen LogP contribution in [0.1, 0.15) is 55.2 Å². The molecule has 218 valence electrons. The van der Waals surface area contributed by atoms with Crippen LogP contribution in [0, 0.1) is 6.92 Å². The van der Waals surface area contributed by atoms with Crippen molar-refractivity contribution in [3.8, 4) is 0 Å². The Balaban J connectivity index is 1.56. The van der Waals surface area contributed by atoms with Gasteiger partial charge in [0.15, 0.2) is 0 Å². The van der Waals surface area contributed by atoms with Crippen LogP contribution < -0.4 is 9.62 Å². The first-order chi connectivity index (χ1) is 19.7. The van der Waals surface area contributed by atoms with Gasteiger partial charge in [-0.25, -0.2) is 8.42 Å². The average molecular weight is 576 g/mol. The van der Waals surface area contributed by atoms with Gasteiger partial charge in [0, 0.05) is 32.0 Å². The van der Waals surface area contributed by atoms with E-state index >= 15 is 0 Å². The molecular weight excluding hydrogens is 534 g/mol. The van der Waals surface area contributed by atoms with Crippen LogP contribution in [0.15, 0.2) is 84.9 Å². The van der Waals surface area contributed by atoms with Crippen LogP contribution in [0.25, 0.3) is 0 Å². The topological polar surface area (TPSA) is 86.8 Å². The van der Waals surface area contributed by atoms with Crippen LogP contribution in [-0.2, 0) is 32.6 Å². The molecule has 0 spiro atoms. The van der Waals surface area contributed by atoms with Gasteiger partial charge in [0.2, 0.25) is 21.8 Å². The van der Waals surface area contributed by atoms with Crippen molar-refractivity contribution in [2.75, 3.05) is 17.1 Å². The number of rotatable bonds is 13. The molecule has 1 saturated carbocycles. The van der Waals surface area contributed by atoms with Crippen LogP contribution in [0.3, 0.4) is 0 Å². The van der Waals surface area contributed by atoms with Gasteiger partial charge < -0.3 is 10.2 Å². The third-order valence-electron chi connectivity index (χ3n) is 7.61. The standard InChI is InChI=1S/C33H41N3O4S/c1-26-13-11-20-30(23-26)36(41(2,39)40)22-12-21-32(37)35(25-28-16-7-4-8-17-28)31(24-27-14-5-3-6-15-27)33(38)34-29-18-9-10-19-29/h3-8,11,13-17,20,23,29,31H,9-10,12,18-19,21-22,24-25H2,1-2H3,(H,34,38). The van der Waals surface area contributed by atoms with Gasteiger partial charge in [-0.05, 0) is 55.0 Å². The highest BCUT2D eigenvalue weighted by molar-refractivity contribution is 7.92. The Hall–Kier alpha value is -3.65. The van der Waals surface area contributed by atoms with Crippen molar-refractivity contribution in [1.29, 1.82) is 0 Å². The maximum atomic E-state index is 13.9. The van der Waals surface area contributed by atoms with Crippen molar-refractivity contribution in [3.63, 3.8) is 0 Å². The second-order valence-corrected chi connectivity index (χ2v) is 12.9. The Bertz CT molecular complexity index is 1390. The number of carbonyl (C=O) groups is 2. The van der Waals surface area contributed by atoms with Crippen molar-refractivity contribution >= 4 is 27.5 Å². The number of nitrogens with zero attached hydrogens (tertiary/aromatic N) is 2. The molecule has 0 heterocycles. The number of sulfonamides is 1. The van der Waals surface area contributed by atoms with E-state index in [-0.39, 0.29) is 30.8 Å². The largest absolute Gasteiger partial charge is 0.352 e. The number of hydrogen-bond donors (Lipinski definition) is 1. The number of nitrogens with one attached hydrogen (secondary N) is 1. The van der Waals surface area contributed by atoms with Crippen molar-refractivity contribution in [3.05, 3.63) is 102 Å². The zero-order valence-corrected chi connectivity index (χ0v) is 24.9. The Morgan fingerprint density at radius 2 is 1.54 bits per heavy atom. The maximum absolute atomic E-state index is 13.9. The summed E-state index contributed by atoms with van der Waals surface area (Å²) in [6.07, 6.45) is 6.13. The molecule has 8 heteroatoms. The maximum Gasteiger partial charge on any atom is 0.243 e.